The first-order chi connectivity index (χ1) is 7.59. The minimum absolute atomic E-state index is 0.242. The molecule has 0 aliphatic heterocycles. The summed E-state index contributed by atoms with van der Waals surface area (Å²) in [6.07, 6.45) is 0. The quantitative estimate of drug-likeness (QED) is 0.807. The predicted molar refractivity (Wildman–Crippen MR) is 68.2 cm³/mol. The number of anilines is 1. The minimum Gasteiger partial charge on any atom is -0.382 e. The standard InChI is InChI=1S/C12H17BrFNO/c1-9(2)8-16-6-5-15-12-7-10(14)3-4-11(12)13/h3-4,7,9,15H,5-6,8H2,1-2H3. The van der Waals surface area contributed by atoms with E-state index in [2.05, 4.69) is 35.1 Å². The van der Waals surface area contributed by atoms with Crippen LogP contribution in [0.3, 0.4) is 0 Å². The Morgan fingerprint density at radius 1 is 1.44 bits per heavy atom. The number of nitrogens with one attached hydrogen (secondary N) is 1. The molecule has 0 aliphatic rings. The maximum absolute atomic E-state index is 12.9. The smallest absolute Gasteiger partial charge is 0.125 e. The molecule has 1 aromatic rings. The van der Waals surface area contributed by atoms with E-state index >= 15 is 0 Å². The summed E-state index contributed by atoms with van der Waals surface area (Å²) in [6, 6.07) is 4.57. The highest BCUT2D eigenvalue weighted by atomic mass is 79.9. The third kappa shape index (κ3) is 4.94. The number of hydrogen-bond donors (Lipinski definition) is 1. The Balaban J connectivity index is 2.29. The summed E-state index contributed by atoms with van der Waals surface area (Å²) >= 11 is 3.35. The van der Waals surface area contributed by atoms with E-state index in [1.165, 1.54) is 12.1 Å². The molecular weight excluding hydrogens is 273 g/mol. The van der Waals surface area contributed by atoms with Gasteiger partial charge < -0.3 is 10.1 Å². The van der Waals surface area contributed by atoms with Crippen LogP contribution >= 0.6 is 15.9 Å². The molecule has 0 radical (unpaired) electrons. The van der Waals surface area contributed by atoms with Crippen LogP contribution in [0.2, 0.25) is 0 Å². The van der Waals surface area contributed by atoms with Crippen LogP contribution in [0.1, 0.15) is 13.8 Å². The van der Waals surface area contributed by atoms with Gasteiger partial charge in [0, 0.05) is 17.6 Å². The second-order valence-corrected chi connectivity index (χ2v) is 4.87. The summed E-state index contributed by atoms with van der Waals surface area (Å²) in [6.45, 7) is 6.27. The number of benzene rings is 1. The number of rotatable bonds is 6. The molecule has 0 atom stereocenters. The maximum Gasteiger partial charge on any atom is 0.125 e. The van der Waals surface area contributed by atoms with E-state index in [1.54, 1.807) is 6.07 Å². The van der Waals surface area contributed by atoms with Crippen molar-refractivity contribution in [1.82, 2.24) is 0 Å². The maximum atomic E-state index is 12.9. The Morgan fingerprint density at radius 2 is 2.19 bits per heavy atom. The molecule has 90 valence electrons. The van der Waals surface area contributed by atoms with Crippen LogP contribution in [-0.4, -0.2) is 19.8 Å². The van der Waals surface area contributed by atoms with Crippen LogP contribution in [0.25, 0.3) is 0 Å². The van der Waals surface area contributed by atoms with Crippen molar-refractivity contribution in [3.8, 4) is 0 Å². The molecule has 0 aromatic heterocycles. The molecule has 1 aromatic carbocycles. The lowest BCUT2D eigenvalue weighted by Crippen LogP contribution is -2.12. The van der Waals surface area contributed by atoms with Crippen LogP contribution in [0, 0.1) is 11.7 Å². The average Bonchev–Trinajstić information content (AvgIpc) is 2.22. The molecule has 4 heteroatoms. The van der Waals surface area contributed by atoms with E-state index in [0.717, 1.165) is 16.8 Å². The fraction of sp³-hybridized carbons (Fsp3) is 0.500. The Hall–Kier alpha value is -0.610. The van der Waals surface area contributed by atoms with Crippen molar-refractivity contribution in [3.63, 3.8) is 0 Å². The summed E-state index contributed by atoms with van der Waals surface area (Å²) in [5, 5.41) is 3.12. The third-order valence-electron chi connectivity index (χ3n) is 1.94. The van der Waals surface area contributed by atoms with Crippen LogP contribution in [0.4, 0.5) is 10.1 Å². The molecule has 0 bridgehead atoms. The van der Waals surface area contributed by atoms with E-state index in [-0.39, 0.29) is 5.82 Å². The van der Waals surface area contributed by atoms with Crippen molar-refractivity contribution in [2.75, 3.05) is 25.1 Å². The predicted octanol–water partition coefficient (Wildman–Crippen LogP) is 3.67. The van der Waals surface area contributed by atoms with Crippen molar-refractivity contribution in [3.05, 3.63) is 28.5 Å². The van der Waals surface area contributed by atoms with Gasteiger partial charge in [0.05, 0.1) is 12.3 Å². The molecule has 0 fully saturated rings. The van der Waals surface area contributed by atoms with Crippen LogP contribution in [-0.2, 0) is 4.74 Å². The van der Waals surface area contributed by atoms with E-state index in [0.29, 0.717) is 19.1 Å². The highest BCUT2D eigenvalue weighted by Crippen LogP contribution is 2.22. The van der Waals surface area contributed by atoms with Gasteiger partial charge in [0.15, 0.2) is 0 Å². The highest BCUT2D eigenvalue weighted by Gasteiger charge is 2.00. The molecule has 16 heavy (non-hydrogen) atoms. The SMILES string of the molecule is CC(C)COCCNc1cc(F)ccc1Br. The first-order valence-corrected chi connectivity index (χ1v) is 6.15. The summed E-state index contributed by atoms with van der Waals surface area (Å²) in [7, 11) is 0. The molecule has 0 aliphatic carbocycles. The Morgan fingerprint density at radius 3 is 2.88 bits per heavy atom. The molecular formula is C12H17BrFNO. The van der Waals surface area contributed by atoms with E-state index in [4.69, 9.17) is 4.74 Å². The topological polar surface area (TPSA) is 21.3 Å². The Kier molecular flexibility index (Phi) is 5.77. The van der Waals surface area contributed by atoms with Crippen molar-refractivity contribution >= 4 is 21.6 Å². The number of ether oxygens (including phenoxy) is 1. The van der Waals surface area contributed by atoms with Crippen molar-refractivity contribution < 1.29 is 9.13 Å². The highest BCUT2D eigenvalue weighted by molar-refractivity contribution is 9.10. The first-order valence-electron chi connectivity index (χ1n) is 5.36. The summed E-state index contributed by atoms with van der Waals surface area (Å²) < 4.78 is 19.2. The molecule has 0 saturated carbocycles. The zero-order chi connectivity index (χ0) is 12.0. The lowest BCUT2D eigenvalue weighted by molar-refractivity contribution is 0.118. The molecule has 1 rings (SSSR count). The van der Waals surface area contributed by atoms with E-state index in [1.807, 2.05) is 0 Å². The normalized spacial score (nSPS) is 10.8. The molecule has 1 N–H and O–H groups in total. The van der Waals surface area contributed by atoms with Crippen molar-refractivity contribution in [1.29, 1.82) is 0 Å². The average molecular weight is 290 g/mol. The summed E-state index contributed by atoms with van der Waals surface area (Å²) in [5.74, 6) is 0.301. The first kappa shape index (κ1) is 13.5. The summed E-state index contributed by atoms with van der Waals surface area (Å²) in [4.78, 5) is 0. The number of hydrogen-bond acceptors (Lipinski definition) is 2. The van der Waals surface area contributed by atoms with Gasteiger partial charge in [-0.05, 0) is 40.0 Å². The van der Waals surface area contributed by atoms with E-state index in [9.17, 15) is 4.39 Å². The second kappa shape index (κ2) is 6.86. The van der Waals surface area contributed by atoms with Gasteiger partial charge >= 0.3 is 0 Å². The number of halogens is 2. The van der Waals surface area contributed by atoms with Crippen LogP contribution in [0.5, 0.6) is 0 Å². The molecule has 0 unspecified atom stereocenters. The molecule has 0 heterocycles. The van der Waals surface area contributed by atoms with Crippen LogP contribution in [0.15, 0.2) is 22.7 Å². The lowest BCUT2D eigenvalue weighted by atomic mass is 10.2. The summed E-state index contributed by atoms with van der Waals surface area (Å²) in [5.41, 5.74) is 0.758. The van der Waals surface area contributed by atoms with E-state index < -0.39 is 0 Å². The Labute approximate surface area is 104 Å². The zero-order valence-corrected chi connectivity index (χ0v) is 11.2. The minimum atomic E-state index is -0.242. The fourth-order valence-electron chi connectivity index (χ4n) is 1.21. The van der Waals surface area contributed by atoms with Gasteiger partial charge in [-0.1, -0.05) is 13.8 Å². The monoisotopic (exact) mass is 289 g/mol. The molecule has 2 nitrogen and oxygen atoms in total. The molecule has 0 spiro atoms. The van der Waals surface area contributed by atoms with Gasteiger partial charge in [0.1, 0.15) is 5.82 Å². The van der Waals surface area contributed by atoms with Crippen molar-refractivity contribution in [2.45, 2.75) is 13.8 Å². The zero-order valence-electron chi connectivity index (χ0n) is 9.59. The molecule has 0 amide bonds. The van der Waals surface area contributed by atoms with Crippen LogP contribution < -0.4 is 5.32 Å². The van der Waals surface area contributed by atoms with Crippen molar-refractivity contribution in [2.24, 2.45) is 5.92 Å². The largest absolute Gasteiger partial charge is 0.382 e. The lowest BCUT2D eigenvalue weighted by Gasteiger charge is -2.10. The van der Waals surface area contributed by atoms with Gasteiger partial charge in [-0.15, -0.1) is 0 Å². The van der Waals surface area contributed by atoms with Gasteiger partial charge in [0.25, 0.3) is 0 Å². The Bertz CT molecular complexity index is 331. The third-order valence-corrected chi connectivity index (χ3v) is 2.63. The van der Waals surface area contributed by atoms with Gasteiger partial charge in [-0.3, -0.25) is 0 Å². The molecule has 0 saturated heterocycles. The van der Waals surface area contributed by atoms with Gasteiger partial charge in [-0.2, -0.15) is 0 Å². The second-order valence-electron chi connectivity index (χ2n) is 4.02. The fourth-order valence-corrected chi connectivity index (χ4v) is 1.60. The van der Waals surface area contributed by atoms with Gasteiger partial charge in [-0.25, -0.2) is 4.39 Å². The van der Waals surface area contributed by atoms with Gasteiger partial charge in [0.2, 0.25) is 0 Å².